The van der Waals surface area contributed by atoms with Gasteiger partial charge >= 0.3 is 5.97 Å². The van der Waals surface area contributed by atoms with E-state index in [9.17, 15) is 24.0 Å². The van der Waals surface area contributed by atoms with Crippen LogP contribution in [0.15, 0.2) is 39.9 Å². The van der Waals surface area contributed by atoms with Gasteiger partial charge in [-0.1, -0.05) is 18.7 Å². The van der Waals surface area contributed by atoms with Crippen LogP contribution in [0.3, 0.4) is 0 Å². The van der Waals surface area contributed by atoms with Crippen molar-refractivity contribution in [2.24, 2.45) is 5.92 Å². The number of ether oxygens (including phenoxy) is 1. The lowest BCUT2D eigenvalue weighted by Crippen LogP contribution is -2.60. The highest BCUT2D eigenvalue weighted by Crippen LogP contribution is 2.50. The monoisotopic (exact) mass is 383 g/mol. The number of rotatable bonds is 6. The maximum atomic E-state index is 12.1. The molecule has 9 heteroatoms. The van der Waals surface area contributed by atoms with Crippen molar-refractivity contribution >= 4 is 34.4 Å². The molecular weight excluding hydrogens is 366 g/mol. The molecule has 0 bridgehead atoms. The molecule has 0 aliphatic carbocycles. The summed E-state index contributed by atoms with van der Waals surface area (Å²) in [6, 6.07) is 6.54. The number of hydrogen-bond donors (Lipinski definition) is 2. The molecule has 7 nitrogen and oxygen atoms in total. The lowest BCUT2D eigenvalue weighted by Gasteiger charge is -2.43. The van der Waals surface area contributed by atoms with E-state index in [1.54, 1.807) is 24.3 Å². The van der Waals surface area contributed by atoms with E-state index in [0.29, 0.717) is 16.4 Å². The fraction of sp³-hybridized carbons (Fsp3) is 0.375. The van der Waals surface area contributed by atoms with Gasteiger partial charge in [0.15, 0.2) is 10.8 Å². The van der Waals surface area contributed by atoms with Crippen molar-refractivity contribution < 1.29 is 28.7 Å². The van der Waals surface area contributed by atoms with E-state index in [4.69, 9.17) is 4.74 Å². The molecular formula is C16H17NO6S2. The minimum Gasteiger partial charge on any atom is -0.476 e. The number of carboxylic acid groups (broad SMARTS) is 1. The summed E-state index contributed by atoms with van der Waals surface area (Å²) in [5, 5.41) is 18.8. The third-order valence-corrected chi connectivity index (χ3v) is 6.59. The number of aliphatic carboxylic acids is 1. The van der Waals surface area contributed by atoms with Crippen LogP contribution in [0.5, 0.6) is 5.75 Å². The Morgan fingerprint density at radius 1 is 1.40 bits per heavy atom. The Balaban J connectivity index is 1.83. The number of fused-ring (bicyclic) bond motifs is 1. The number of carboxylic acids is 1. The van der Waals surface area contributed by atoms with E-state index in [1.807, 2.05) is 6.92 Å². The van der Waals surface area contributed by atoms with E-state index in [1.165, 1.54) is 6.92 Å². The summed E-state index contributed by atoms with van der Waals surface area (Å²) >= 11 is 1.11. The average molecular weight is 383 g/mol. The van der Waals surface area contributed by atoms with Crippen molar-refractivity contribution in [2.45, 2.75) is 30.2 Å². The first-order valence-electron chi connectivity index (χ1n) is 7.66. The molecule has 1 unspecified atom stereocenters. The van der Waals surface area contributed by atoms with Gasteiger partial charge in [-0.05, 0) is 31.2 Å². The Morgan fingerprint density at radius 2 is 2.04 bits per heavy atom. The first kappa shape index (κ1) is 18.0. The van der Waals surface area contributed by atoms with Crippen LogP contribution in [0.2, 0.25) is 0 Å². The zero-order chi connectivity index (χ0) is 18.3. The van der Waals surface area contributed by atoms with Gasteiger partial charge < -0.3 is 14.9 Å². The van der Waals surface area contributed by atoms with Gasteiger partial charge in [-0.3, -0.25) is 13.9 Å². The number of aliphatic hydroxyl groups excluding tert-OH is 1. The van der Waals surface area contributed by atoms with Crippen molar-refractivity contribution in [1.82, 2.24) is 4.90 Å². The highest BCUT2D eigenvalue weighted by atomic mass is 32.2. The average Bonchev–Trinajstić information content (AvgIpc) is 2.88. The van der Waals surface area contributed by atoms with Gasteiger partial charge in [0, 0.05) is 10.6 Å². The van der Waals surface area contributed by atoms with Crippen LogP contribution in [-0.4, -0.2) is 48.4 Å². The third-order valence-electron chi connectivity index (χ3n) is 4.03. The fourth-order valence-electron chi connectivity index (χ4n) is 2.75. The Bertz CT molecular complexity index is 773. The van der Waals surface area contributed by atoms with E-state index >= 15 is 0 Å². The number of nitrogens with zero attached hydrogens (tertiary/aromatic N) is 1. The minimum atomic E-state index is -1.26. The number of carbonyl (C=O) groups is 2. The molecule has 134 valence electrons. The maximum absolute atomic E-state index is 12.1. The summed E-state index contributed by atoms with van der Waals surface area (Å²) in [5.74, 6) is -1.43. The topological polar surface area (TPSA) is 104 Å². The predicted octanol–water partition coefficient (Wildman–Crippen LogP) is 1.36. The Labute approximate surface area is 151 Å². The van der Waals surface area contributed by atoms with Crippen molar-refractivity contribution in [3.63, 3.8) is 0 Å². The summed E-state index contributed by atoms with van der Waals surface area (Å²) in [4.78, 5) is 25.5. The van der Waals surface area contributed by atoms with Crippen LogP contribution < -0.4 is 4.74 Å². The molecule has 25 heavy (non-hydrogen) atoms. The van der Waals surface area contributed by atoms with Gasteiger partial charge in [0.05, 0.1) is 22.8 Å². The zero-order valence-corrected chi connectivity index (χ0v) is 15.2. The molecule has 2 heterocycles. The van der Waals surface area contributed by atoms with Crippen LogP contribution in [0.4, 0.5) is 0 Å². The highest BCUT2D eigenvalue weighted by molar-refractivity contribution is 8.03. The number of amides is 1. The number of aliphatic hydroxyl groups is 1. The summed E-state index contributed by atoms with van der Waals surface area (Å²) in [7, 11) is -1.08. The van der Waals surface area contributed by atoms with Crippen molar-refractivity contribution in [3.05, 3.63) is 35.1 Å². The Kier molecular flexibility index (Phi) is 4.90. The Morgan fingerprint density at radius 3 is 2.56 bits per heavy atom. The summed E-state index contributed by atoms with van der Waals surface area (Å²) in [6.07, 6.45) is -0.862. The number of carbonyl (C=O) groups excluding carboxylic acids is 1. The van der Waals surface area contributed by atoms with Crippen molar-refractivity contribution in [3.8, 4) is 5.75 Å². The second-order valence-electron chi connectivity index (χ2n) is 5.63. The molecule has 2 N–H and O–H groups in total. The molecule has 1 saturated heterocycles. The predicted molar refractivity (Wildman–Crippen MR) is 92.1 cm³/mol. The molecule has 2 aliphatic rings. The van der Waals surface area contributed by atoms with E-state index < -0.39 is 40.1 Å². The largest absolute Gasteiger partial charge is 0.476 e. The summed E-state index contributed by atoms with van der Waals surface area (Å²) in [5.41, 5.74) is -0.210. The number of benzene rings is 1. The SMILES string of the molecule is CCS(=O)c1ccc(OC2=C(C(=O)O)N3C(=O)[C@H]([C@@H](C)O)[C@H]3S2)cc1. The molecule has 1 fully saturated rings. The van der Waals surface area contributed by atoms with Gasteiger partial charge in [0.25, 0.3) is 0 Å². The summed E-state index contributed by atoms with van der Waals surface area (Å²) in [6.45, 7) is 3.33. The molecule has 4 atom stereocenters. The lowest BCUT2D eigenvalue weighted by molar-refractivity contribution is -0.156. The van der Waals surface area contributed by atoms with Crippen molar-refractivity contribution in [1.29, 1.82) is 0 Å². The van der Waals surface area contributed by atoms with Crippen molar-refractivity contribution in [2.75, 3.05) is 5.75 Å². The molecule has 1 aromatic carbocycles. The van der Waals surface area contributed by atoms with Crippen LogP contribution in [-0.2, 0) is 20.4 Å². The number of hydrogen-bond acceptors (Lipinski definition) is 6. The quantitative estimate of drug-likeness (QED) is 0.715. The molecule has 3 rings (SSSR count). The van der Waals surface area contributed by atoms with Gasteiger partial charge in [-0.2, -0.15) is 0 Å². The third kappa shape index (κ3) is 3.07. The fourth-order valence-corrected chi connectivity index (χ4v) is 4.99. The van der Waals surface area contributed by atoms with Crippen LogP contribution >= 0.6 is 11.8 Å². The Hall–Kier alpha value is -1.84. The molecule has 1 aromatic rings. The molecule has 0 saturated carbocycles. The molecule has 0 aromatic heterocycles. The minimum absolute atomic E-state index is 0.110. The highest BCUT2D eigenvalue weighted by Gasteiger charge is 2.58. The number of thioether (sulfide) groups is 1. The van der Waals surface area contributed by atoms with Crippen LogP contribution in [0.1, 0.15) is 13.8 Å². The molecule has 0 spiro atoms. The standard InChI is InChI=1S/C16H17NO6S2/c1-3-25(22)10-6-4-9(5-7-10)23-16-12(15(20)21)17-13(19)11(8(2)18)14(17)24-16/h4-8,11,14,18H,3H2,1-2H3,(H,20,21)/t8-,11+,14-,25?/m1/s1. The molecule has 0 radical (unpaired) electrons. The number of β-lactam (4-membered cyclic amide) rings is 1. The van der Waals surface area contributed by atoms with Gasteiger partial charge in [0.1, 0.15) is 11.1 Å². The first-order chi connectivity index (χ1) is 11.8. The maximum Gasteiger partial charge on any atom is 0.357 e. The molecule has 1 amide bonds. The second-order valence-corrected chi connectivity index (χ2v) is 8.46. The van der Waals surface area contributed by atoms with E-state index in [-0.39, 0.29) is 10.8 Å². The van der Waals surface area contributed by atoms with Crippen LogP contribution in [0.25, 0.3) is 0 Å². The smallest absolute Gasteiger partial charge is 0.357 e. The van der Waals surface area contributed by atoms with Gasteiger partial charge in [-0.15, -0.1) is 0 Å². The lowest BCUT2D eigenvalue weighted by atomic mass is 9.92. The summed E-state index contributed by atoms with van der Waals surface area (Å²) < 4.78 is 17.4. The first-order valence-corrected chi connectivity index (χ1v) is 9.86. The van der Waals surface area contributed by atoms with E-state index in [0.717, 1.165) is 16.7 Å². The van der Waals surface area contributed by atoms with E-state index in [2.05, 4.69) is 0 Å². The molecule has 2 aliphatic heterocycles. The van der Waals surface area contributed by atoms with Gasteiger partial charge in [0.2, 0.25) is 5.91 Å². The second kappa shape index (κ2) is 6.81. The zero-order valence-electron chi connectivity index (χ0n) is 13.5. The van der Waals surface area contributed by atoms with Crippen LogP contribution in [0, 0.1) is 5.92 Å². The normalized spacial score (nSPS) is 24.6. The van der Waals surface area contributed by atoms with Gasteiger partial charge in [-0.25, -0.2) is 4.79 Å².